The minimum Gasteiger partial charge on any atom is -0.464 e. The van der Waals surface area contributed by atoms with Crippen molar-refractivity contribution in [3.05, 3.63) is 35.9 Å². The number of hydrogen-bond donors (Lipinski definition) is 0. The number of nitrogens with zero attached hydrogens (tertiary/aromatic N) is 2. The van der Waals surface area contributed by atoms with Crippen molar-refractivity contribution in [2.45, 2.75) is 12.5 Å². The third-order valence-corrected chi connectivity index (χ3v) is 3.41. The lowest BCUT2D eigenvalue weighted by Gasteiger charge is -2.38. The smallest absolute Gasteiger partial charge is 0.346 e. The Balaban J connectivity index is 2.46. The quantitative estimate of drug-likeness (QED) is 0.774. The number of rotatable bonds is 4. The molecule has 0 saturated carbocycles. The highest BCUT2D eigenvalue weighted by Crippen LogP contribution is 2.30. The topological polar surface area (TPSA) is 62.6 Å². The Morgan fingerprint density at radius 3 is 2.60 bits per heavy atom. The molecule has 1 aliphatic heterocycles. The maximum absolute atomic E-state index is 12.5. The van der Waals surface area contributed by atoms with Crippen molar-refractivity contribution in [2.24, 2.45) is 0 Å². The van der Waals surface area contributed by atoms with Crippen LogP contribution < -0.4 is 0 Å². The zero-order valence-corrected chi connectivity index (χ0v) is 11.5. The van der Waals surface area contributed by atoms with E-state index in [9.17, 15) is 10.1 Å². The van der Waals surface area contributed by atoms with Crippen LogP contribution >= 0.6 is 0 Å². The van der Waals surface area contributed by atoms with Gasteiger partial charge in [-0.2, -0.15) is 5.26 Å². The summed E-state index contributed by atoms with van der Waals surface area (Å²) in [6.45, 7) is 4.07. The molecule has 1 aromatic carbocycles. The summed E-state index contributed by atoms with van der Waals surface area (Å²) in [5, 5.41) is 9.75. The fraction of sp³-hybridized carbons (Fsp3) is 0.467. The van der Waals surface area contributed by atoms with Gasteiger partial charge in [-0.3, -0.25) is 4.90 Å². The molecule has 5 nitrogen and oxygen atoms in total. The first-order valence-electron chi connectivity index (χ1n) is 6.72. The molecule has 1 unspecified atom stereocenters. The van der Waals surface area contributed by atoms with Crippen LogP contribution in [0.25, 0.3) is 0 Å². The van der Waals surface area contributed by atoms with Crippen molar-refractivity contribution < 1.29 is 14.3 Å². The lowest BCUT2D eigenvalue weighted by atomic mass is 9.89. The van der Waals surface area contributed by atoms with Crippen LogP contribution in [0.1, 0.15) is 12.5 Å². The number of esters is 1. The van der Waals surface area contributed by atoms with E-state index in [0.717, 1.165) is 0 Å². The number of morpholine rings is 1. The Hall–Kier alpha value is -1.90. The third kappa shape index (κ3) is 2.53. The van der Waals surface area contributed by atoms with Gasteiger partial charge in [-0.1, -0.05) is 30.3 Å². The molecule has 106 valence electrons. The van der Waals surface area contributed by atoms with Gasteiger partial charge in [0.25, 0.3) is 0 Å². The van der Waals surface area contributed by atoms with E-state index < -0.39 is 11.5 Å². The summed E-state index contributed by atoms with van der Waals surface area (Å²) < 4.78 is 10.5. The van der Waals surface area contributed by atoms with Crippen LogP contribution in [0.4, 0.5) is 0 Å². The molecule has 1 atom stereocenters. The van der Waals surface area contributed by atoms with Crippen LogP contribution in [0.3, 0.4) is 0 Å². The molecule has 5 heteroatoms. The molecule has 1 saturated heterocycles. The predicted molar refractivity (Wildman–Crippen MR) is 72.8 cm³/mol. The lowest BCUT2D eigenvalue weighted by molar-refractivity contribution is -0.157. The van der Waals surface area contributed by atoms with E-state index in [2.05, 4.69) is 6.07 Å². The van der Waals surface area contributed by atoms with Crippen molar-refractivity contribution in [1.29, 1.82) is 5.26 Å². The van der Waals surface area contributed by atoms with E-state index in [-0.39, 0.29) is 6.61 Å². The number of carbonyl (C=O) groups excluding carboxylic acids is 1. The molecule has 1 aliphatic rings. The second kappa shape index (κ2) is 6.51. The predicted octanol–water partition coefficient (Wildman–Crippen LogP) is 1.30. The van der Waals surface area contributed by atoms with Crippen LogP contribution in [0, 0.1) is 11.3 Å². The lowest BCUT2D eigenvalue weighted by Crippen LogP contribution is -2.55. The number of nitriles is 1. The summed E-state index contributed by atoms with van der Waals surface area (Å²) >= 11 is 0. The first-order chi connectivity index (χ1) is 9.75. The van der Waals surface area contributed by atoms with Gasteiger partial charge in [0.15, 0.2) is 0 Å². The summed E-state index contributed by atoms with van der Waals surface area (Å²) in [5.74, 6) is -0.518. The second-order valence-corrected chi connectivity index (χ2v) is 4.51. The van der Waals surface area contributed by atoms with Gasteiger partial charge in [0.1, 0.15) is 6.07 Å². The summed E-state index contributed by atoms with van der Waals surface area (Å²) in [6.07, 6.45) is 0. The zero-order chi connectivity index (χ0) is 14.4. The Morgan fingerprint density at radius 2 is 2.05 bits per heavy atom. The largest absolute Gasteiger partial charge is 0.464 e. The van der Waals surface area contributed by atoms with E-state index >= 15 is 0 Å². The molecule has 2 rings (SSSR count). The van der Waals surface area contributed by atoms with Crippen molar-refractivity contribution in [3.8, 4) is 6.07 Å². The Morgan fingerprint density at radius 1 is 1.40 bits per heavy atom. The standard InChI is InChI=1S/C15H18N2O3/c1-2-20-14(18)15(12-16,13-6-4-3-5-7-13)17-8-10-19-11-9-17/h3-7H,2,8-11H2,1H3. The van der Waals surface area contributed by atoms with Crippen molar-refractivity contribution >= 4 is 5.97 Å². The fourth-order valence-electron chi connectivity index (χ4n) is 2.42. The van der Waals surface area contributed by atoms with Crippen LogP contribution in [0.15, 0.2) is 30.3 Å². The molecule has 1 heterocycles. The van der Waals surface area contributed by atoms with Crippen LogP contribution in [0.2, 0.25) is 0 Å². The maximum atomic E-state index is 12.5. The van der Waals surface area contributed by atoms with E-state index in [1.54, 1.807) is 19.1 Å². The normalized spacial score (nSPS) is 18.8. The molecule has 0 aromatic heterocycles. The summed E-state index contributed by atoms with van der Waals surface area (Å²) in [5.41, 5.74) is -0.746. The molecule has 0 bridgehead atoms. The van der Waals surface area contributed by atoms with Crippen LogP contribution in [-0.4, -0.2) is 43.8 Å². The van der Waals surface area contributed by atoms with Gasteiger partial charge in [-0.15, -0.1) is 0 Å². The minimum atomic E-state index is -1.39. The summed E-state index contributed by atoms with van der Waals surface area (Å²) in [7, 11) is 0. The van der Waals surface area contributed by atoms with E-state index in [1.807, 2.05) is 23.1 Å². The van der Waals surface area contributed by atoms with E-state index in [0.29, 0.717) is 31.9 Å². The minimum absolute atomic E-state index is 0.249. The summed E-state index contributed by atoms with van der Waals surface area (Å²) in [4.78, 5) is 14.3. The average Bonchev–Trinajstić information content (AvgIpc) is 2.51. The Bertz CT molecular complexity index is 492. The Kier molecular flexibility index (Phi) is 4.72. The molecule has 20 heavy (non-hydrogen) atoms. The van der Waals surface area contributed by atoms with Crippen molar-refractivity contribution in [3.63, 3.8) is 0 Å². The highest BCUT2D eigenvalue weighted by Gasteiger charge is 2.48. The van der Waals surface area contributed by atoms with Gasteiger partial charge in [0.05, 0.1) is 19.8 Å². The van der Waals surface area contributed by atoms with Crippen LogP contribution in [-0.2, 0) is 19.8 Å². The van der Waals surface area contributed by atoms with Gasteiger partial charge in [-0.05, 0) is 12.5 Å². The van der Waals surface area contributed by atoms with Gasteiger partial charge >= 0.3 is 5.97 Å². The Labute approximate surface area is 118 Å². The molecule has 1 aromatic rings. The number of benzene rings is 1. The van der Waals surface area contributed by atoms with Crippen LogP contribution in [0.5, 0.6) is 0 Å². The van der Waals surface area contributed by atoms with Gasteiger partial charge in [-0.25, -0.2) is 4.79 Å². The fourth-order valence-corrected chi connectivity index (χ4v) is 2.42. The molecular weight excluding hydrogens is 256 g/mol. The molecule has 0 amide bonds. The molecule has 0 N–H and O–H groups in total. The molecule has 0 radical (unpaired) electrons. The molecule has 0 aliphatic carbocycles. The SMILES string of the molecule is CCOC(=O)C(C#N)(c1ccccc1)N1CCOCC1. The third-order valence-electron chi connectivity index (χ3n) is 3.41. The highest BCUT2D eigenvalue weighted by atomic mass is 16.5. The molecule has 1 fully saturated rings. The average molecular weight is 274 g/mol. The van der Waals surface area contributed by atoms with Gasteiger partial charge in [0.2, 0.25) is 5.54 Å². The first-order valence-corrected chi connectivity index (χ1v) is 6.72. The number of ether oxygens (including phenoxy) is 2. The monoisotopic (exact) mass is 274 g/mol. The zero-order valence-electron chi connectivity index (χ0n) is 11.5. The van der Waals surface area contributed by atoms with Crippen molar-refractivity contribution in [2.75, 3.05) is 32.9 Å². The van der Waals surface area contributed by atoms with Crippen molar-refractivity contribution in [1.82, 2.24) is 4.90 Å². The molecular formula is C15H18N2O3. The van der Waals surface area contributed by atoms with Gasteiger partial charge in [0, 0.05) is 13.1 Å². The maximum Gasteiger partial charge on any atom is 0.346 e. The second-order valence-electron chi connectivity index (χ2n) is 4.51. The van der Waals surface area contributed by atoms with Gasteiger partial charge < -0.3 is 9.47 Å². The van der Waals surface area contributed by atoms with E-state index in [1.165, 1.54) is 0 Å². The number of carbonyl (C=O) groups is 1. The molecule has 0 spiro atoms. The first kappa shape index (κ1) is 14.5. The van der Waals surface area contributed by atoms with E-state index in [4.69, 9.17) is 9.47 Å². The number of hydrogen-bond acceptors (Lipinski definition) is 5. The highest BCUT2D eigenvalue weighted by molar-refractivity contribution is 5.86. The summed E-state index contributed by atoms with van der Waals surface area (Å²) in [6, 6.07) is 11.3.